The van der Waals surface area contributed by atoms with Crippen LogP contribution >= 0.6 is 0 Å². The summed E-state index contributed by atoms with van der Waals surface area (Å²) in [4.78, 5) is 2.32. The lowest BCUT2D eigenvalue weighted by atomic mass is 9.67. The fraction of sp³-hybridized carbons (Fsp3) is 0.0196. The zero-order chi connectivity index (χ0) is 34.9. The largest absolute Gasteiger partial charge is 0.456 e. The summed E-state index contributed by atoms with van der Waals surface area (Å²) in [5.41, 5.74) is 12.4. The number of hydrogen-bond donors (Lipinski definition) is 0. The molecule has 1 aromatic heterocycles. The van der Waals surface area contributed by atoms with E-state index in [0.717, 1.165) is 39.0 Å². The molecule has 0 spiro atoms. The molecule has 0 unspecified atom stereocenters. The van der Waals surface area contributed by atoms with Crippen molar-refractivity contribution in [2.75, 3.05) is 4.90 Å². The molecule has 0 aliphatic heterocycles. The molecule has 248 valence electrons. The fourth-order valence-corrected chi connectivity index (χ4v) is 9.01. The molecule has 0 N–H and O–H groups in total. The van der Waals surface area contributed by atoms with Gasteiger partial charge in [0, 0.05) is 33.9 Å². The molecule has 0 saturated heterocycles. The van der Waals surface area contributed by atoms with E-state index in [-0.39, 0.29) is 0 Å². The lowest BCUT2D eigenvalue weighted by Crippen LogP contribution is -2.28. The van der Waals surface area contributed by atoms with Gasteiger partial charge in [0.2, 0.25) is 0 Å². The van der Waals surface area contributed by atoms with E-state index in [1.807, 2.05) is 12.1 Å². The Morgan fingerprint density at radius 2 is 0.925 bits per heavy atom. The molecule has 0 saturated carbocycles. The lowest BCUT2D eigenvalue weighted by molar-refractivity contribution is 0.669. The second-order valence-corrected chi connectivity index (χ2v) is 14.1. The molecule has 0 atom stereocenters. The number of hydrogen-bond acceptors (Lipinski definition) is 2. The van der Waals surface area contributed by atoms with Crippen molar-refractivity contribution in [3.8, 4) is 11.1 Å². The molecule has 0 radical (unpaired) electrons. The van der Waals surface area contributed by atoms with Gasteiger partial charge in [-0.05, 0) is 110 Å². The van der Waals surface area contributed by atoms with Crippen molar-refractivity contribution in [1.82, 2.24) is 0 Å². The molecule has 53 heavy (non-hydrogen) atoms. The van der Waals surface area contributed by atoms with E-state index in [0.29, 0.717) is 0 Å². The van der Waals surface area contributed by atoms with Gasteiger partial charge < -0.3 is 9.32 Å². The first kappa shape index (κ1) is 29.8. The van der Waals surface area contributed by atoms with Crippen molar-refractivity contribution in [1.29, 1.82) is 0 Å². The maximum absolute atomic E-state index is 6.35. The fourth-order valence-electron chi connectivity index (χ4n) is 9.01. The molecular weight excluding hydrogens is 643 g/mol. The average Bonchev–Trinajstić information content (AvgIpc) is 3.74. The van der Waals surface area contributed by atoms with Crippen LogP contribution in [0.25, 0.3) is 54.6 Å². The molecule has 1 heterocycles. The molecule has 2 heteroatoms. The highest BCUT2D eigenvalue weighted by Gasteiger charge is 2.46. The van der Waals surface area contributed by atoms with Crippen molar-refractivity contribution >= 4 is 60.5 Å². The topological polar surface area (TPSA) is 16.4 Å². The summed E-state index contributed by atoms with van der Waals surface area (Å²) < 4.78 is 6.35. The number of nitrogens with zero attached hydrogens (tertiary/aromatic N) is 1. The molecule has 0 bridgehead atoms. The highest BCUT2D eigenvalue weighted by Crippen LogP contribution is 2.57. The minimum atomic E-state index is -0.440. The Morgan fingerprint density at radius 3 is 1.68 bits per heavy atom. The highest BCUT2D eigenvalue weighted by molar-refractivity contribution is 6.11. The summed E-state index contributed by atoms with van der Waals surface area (Å²) in [6.45, 7) is 0. The maximum Gasteiger partial charge on any atom is 0.137 e. The predicted octanol–water partition coefficient (Wildman–Crippen LogP) is 13.7. The van der Waals surface area contributed by atoms with E-state index in [1.54, 1.807) is 0 Å². The van der Waals surface area contributed by atoms with Crippen LogP contribution in [0.5, 0.6) is 0 Å². The molecular formula is C51H33NO. The van der Waals surface area contributed by atoms with Gasteiger partial charge in [0.25, 0.3) is 0 Å². The Hall–Kier alpha value is -6.90. The lowest BCUT2D eigenvalue weighted by Gasteiger charge is -2.34. The van der Waals surface area contributed by atoms with E-state index >= 15 is 0 Å². The second-order valence-electron chi connectivity index (χ2n) is 14.1. The van der Waals surface area contributed by atoms with Gasteiger partial charge in [-0.3, -0.25) is 0 Å². The van der Waals surface area contributed by atoms with Crippen molar-refractivity contribution in [2.24, 2.45) is 0 Å². The van der Waals surface area contributed by atoms with Gasteiger partial charge >= 0.3 is 0 Å². The van der Waals surface area contributed by atoms with Gasteiger partial charge in [0.05, 0.1) is 5.41 Å². The molecule has 9 aromatic carbocycles. The average molecular weight is 676 g/mol. The highest BCUT2D eigenvalue weighted by atomic mass is 16.3. The number of para-hydroxylation sites is 2. The maximum atomic E-state index is 6.35. The van der Waals surface area contributed by atoms with Crippen LogP contribution in [-0.2, 0) is 5.41 Å². The predicted molar refractivity (Wildman–Crippen MR) is 221 cm³/mol. The first-order valence-corrected chi connectivity index (χ1v) is 18.3. The van der Waals surface area contributed by atoms with Crippen LogP contribution in [-0.4, -0.2) is 0 Å². The number of benzene rings is 9. The number of fused-ring (bicyclic) bond motifs is 9. The molecule has 0 fully saturated rings. The van der Waals surface area contributed by atoms with Crippen molar-refractivity contribution in [3.63, 3.8) is 0 Å². The van der Waals surface area contributed by atoms with Crippen LogP contribution < -0.4 is 4.90 Å². The van der Waals surface area contributed by atoms with E-state index in [4.69, 9.17) is 4.42 Å². The van der Waals surface area contributed by atoms with Crippen molar-refractivity contribution < 1.29 is 4.42 Å². The monoisotopic (exact) mass is 675 g/mol. The molecule has 11 rings (SSSR count). The zero-order valence-electron chi connectivity index (χ0n) is 28.9. The van der Waals surface area contributed by atoms with Crippen LogP contribution in [0.1, 0.15) is 22.3 Å². The van der Waals surface area contributed by atoms with E-state index < -0.39 is 5.41 Å². The number of rotatable bonds is 5. The Morgan fingerprint density at radius 1 is 0.340 bits per heavy atom. The summed E-state index contributed by atoms with van der Waals surface area (Å²) in [6, 6.07) is 72.8. The molecule has 2 nitrogen and oxygen atoms in total. The molecule has 1 aliphatic carbocycles. The Balaban J connectivity index is 1.13. The smallest absolute Gasteiger partial charge is 0.137 e. The molecule has 10 aromatic rings. The van der Waals surface area contributed by atoms with Crippen molar-refractivity contribution in [2.45, 2.75) is 5.41 Å². The zero-order valence-corrected chi connectivity index (χ0v) is 28.9. The van der Waals surface area contributed by atoms with Gasteiger partial charge in [-0.2, -0.15) is 0 Å². The summed E-state index contributed by atoms with van der Waals surface area (Å²) in [7, 11) is 0. The molecule has 1 aliphatic rings. The van der Waals surface area contributed by atoms with E-state index in [1.165, 1.54) is 54.9 Å². The summed E-state index contributed by atoms with van der Waals surface area (Å²) in [5, 5.41) is 7.19. The van der Waals surface area contributed by atoms with Gasteiger partial charge in [0.1, 0.15) is 11.2 Å². The van der Waals surface area contributed by atoms with Gasteiger partial charge in [-0.15, -0.1) is 0 Å². The number of anilines is 3. The third-order valence-electron chi connectivity index (χ3n) is 11.3. The van der Waals surface area contributed by atoms with Crippen LogP contribution in [0, 0.1) is 0 Å². The third kappa shape index (κ3) is 4.39. The Labute approximate surface area is 307 Å². The summed E-state index contributed by atoms with van der Waals surface area (Å²) in [5.74, 6) is 0. The standard InChI is InChI=1S/C51H33NO/c1-4-14-36(15-5-1)51(37-16-6-2-7-17-37)47-22-12-10-20-42(47)46-31-35-25-24-34-30-39(26-28-41(34)45(35)33-48(46)51)52(38-18-8-3-9-19-38)40-27-29-44-43-21-11-13-23-49(43)53-50(44)32-40/h1-33H. The van der Waals surface area contributed by atoms with Crippen molar-refractivity contribution in [3.05, 3.63) is 222 Å². The SMILES string of the molecule is c1ccc(N(c2ccc3c(ccc4cc5c(cc43)C(c3ccccc3)(c3ccccc3)c3ccccc3-5)c2)c2ccc3c(c2)oc2ccccc23)cc1. The Bertz CT molecular complexity index is 2960. The van der Waals surface area contributed by atoms with Crippen LogP contribution in [0.15, 0.2) is 205 Å². The quantitative estimate of drug-likeness (QED) is 0.169. The summed E-state index contributed by atoms with van der Waals surface area (Å²) in [6.07, 6.45) is 0. The molecule has 0 amide bonds. The van der Waals surface area contributed by atoms with E-state index in [9.17, 15) is 0 Å². The normalized spacial score (nSPS) is 13.1. The Kier molecular flexibility index (Phi) is 6.50. The van der Waals surface area contributed by atoms with E-state index in [2.05, 4.69) is 193 Å². The summed E-state index contributed by atoms with van der Waals surface area (Å²) >= 11 is 0. The van der Waals surface area contributed by atoms with Gasteiger partial charge in [-0.1, -0.05) is 140 Å². The van der Waals surface area contributed by atoms with Gasteiger partial charge in [-0.25, -0.2) is 0 Å². The van der Waals surface area contributed by atoms with Crippen LogP contribution in [0.2, 0.25) is 0 Å². The third-order valence-corrected chi connectivity index (χ3v) is 11.3. The minimum absolute atomic E-state index is 0.440. The second kappa shape index (κ2) is 11.6. The van der Waals surface area contributed by atoms with Gasteiger partial charge in [0.15, 0.2) is 0 Å². The first-order chi connectivity index (χ1) is 26.3. The first-order valence-electron chi connectivity index (χ1n) is 18.3. The van der Waals surface area contributed by atoms with Crippen LogP contribution in [0.3, 0.4) is 0 Å². The number of furan rings is 1. The van der Waals surface area contributed by atoms with Crippen LogP contribution in [0.4, 0.5) is 17.1 Å². The minimum Gasteiger partial charge on any atom is -0.456 e.